The lowest BCUT2D eigenvalue weighted by molar-refractivity contribution is 0.0920. The van der Waals surface area contributed by atoms with Crippen LogP contribution in [0.1, 0.15) is 36.0 Å². The number of carbonyl (C=O) groups is 1. The summed E-state index contributed by atoms with van der Waals surface area (Å²) in [6.07, 6.45) is 4.19. The Morgan fingerprint density at radius 2 is 1.69 bits per heavy atom. The molecular weight excluding hydrogens is 390 g/mol. The second-order valence-corrected chi connectivity index (χ2v) is 7.15. The zero-order valence-corrected chi connectivity index (χ0v) is 16.0. The predicted octanol–water partition coefficient (Wildman–Crippen LogP) is 3.25. The zero-order valence-electron chi connectivity index (χ0n) is 16.0. The van der Waals surface area contributed by atoms with Crippen molar-refractivity contribution >= 4 is 17.7 Å². The molecule has 3 rings (SSSR count). The van der Waals surface area contributed by atoms with Gasteiger partial charge in [0.05, 0.1) is 5.56 Å². The molecule has 0 aliphatic heterocycles. The van der Waals surface area contributed by atoms with E-state index in [0.717, 1.165) is 5.82 Å². The first-order valence-electron chi connectivity index (χ1n) is 9.17. The minimum Gasteiger partial charge on any atom is -0.363 e. The average molecular weight is 411 g/mol. The van der Waals surface area contributed by atoms with E-state index < -0.39 is 34.7 Å². The molecule has 29 heavy (non-hydrogen) atoms. The van der Waals surface area contributed by atoms with Crippen LogP contribution < -0.4 is 15.5 Å². The number of hydrogen-bond acceptors (Lipinski definition) is 5. The topological polar surface area (TPSA) is 70.2 Å². The highest BCUT2D eigenvalue weighted by Crippen LogP contribution is 2.23. The fourth-order valence-corrected chi connectivity index (χ4v) is 3.23. The molecule has 1 amide bonds. The van der Waals surface area contributed by atoms with Gasteiger partial charge in [-0.3, -0.25) is 4.79 Å². The summed E-state index contributed by atoms with van der Waals surface area (Å²) < 4.78 is 53.5. The molecule has 0 radical (unpaired) electrons. The van der Waals surface area contributed by atoms with Gasteiger partial charge in [-0.2, -0.15) is 4.98 Å². The molecule has 2 N–H and O–H groups in total. The van der Waals surface area contributed by atoms with Crippen molar-refractivity contribution < 1.29 is 22.4 Å². The van der Waals surface area contributed by atoms with E-state index in [2.05, 4.69) is 20.6 Å². The number of anilines is 2. The first-order chi connectivity index (χ1) is 13.8. The van der Waals surface area contributed by atoms with Crippen molar-refractivity contribution in [3.05, 3.63) is 47.2 Å². The quantitative estimate of drug-likeness (QED) is 0.449. The van der Waals surface area contributed by atoms with Crippen molar-refractivity contribution in [1.29, 1.82) is 0 Å². The van der Waals surface area contributed by atoms with Gasteiger partial charge in [-0.05, 0) is 37.8 Å². The molecule has 1 aliphatic carbocycles. The fraction of sp³-hybridized carbons (Fsp3) is 0.421. The van der Waals surface area contributed by atoms with E-state index in [1.807, 2.05) is 19.0 Å². The molecule has 2 aromatic rings. The number of nitrogens with one attached hydrogen (secondary N) is 2. The summed E-state index contributed by atoms with van der Waals surface area (Å²) in [7, 11) is 3.75. The van der Waals surface area contributed by atoms with Gasteiger partial charge in [0.15, 0.2) is 23.3 Å². The molecule has 0 atom stereocenters. The Balaban J connectivity index is 1.56. The van der Waals surface area contributed by atoms with Gasteiger partial charge < -0.3 is 15.5 Å². The maximum Gasteiger partial charge on any atom is 0.254 e. The van der Waals surface area contributed by atoms with Crippen LogP contribution >= 0.6 is 0 Å². The van der Waals surface area contributed by atoms with E-state index in [1.54, 1.807) is 12.3 Å². The van der Waals surface area contributed by atoms with Gasteiger partial charge in [-0.25, -0.2) is 22.5 Å². The predicted molar refractivity (Wildman–Crippen MR) is 99.8 cm³/mol. The third kappa shape index (κ3) is 4.75. The van der Waals surface area contributed by atoms with Crippen LogP contribution in [0.3, 0.4) is 0 Å². The van der Waals surface area contributed by atoms with E-state index in [4.69, 9.17) is 0 Å². The molecule has 0 bridgehead atoms. The van der Waals surface area contributed by atoms with Crippen LogP contribution in [-0.2, 0) is 0 Å². The standard InChI is InChI=1S/C19H21F4N5O/c1-28(2)14-7-8-24-19(27-14)26-11-5-3-10(4-6-11)25-18(29)12-9-13(20)16(22)17(23)15(12)21/h7-11H,3-6H2,1-2H3,(H,25,29)(H,24,26,27)/t10-,11+. The summed E-state index contributed by atoms with van der Waals surface area (Å²) in [5.41, 5.74) is -0.851. The fourth-order valence-electron chi connectivity index (χ4n) is 3.23. The lowest BCUT2D eigenvalue weighted by atomic mass is 9.91. The number of halogens is 4. The lowest BCUT2D eigenvalue weighted by Crippen LogP contribution is -2.40. The van der Waals surface area contributed by atoms with Crippen LogP contribution in [0.15, 0.2) is 18.3 Å². The van der Waals surface area contributed by atoms with Gasteiger partial charge in [0, 0.05) is 32.4 Å². The zero-order chi connectivity index (χ0) is 21.1. The number of nitrogens with zero attached hydrogens (tertiary/aromatic N) is 3. The minimum atomic E-state index is -2.00. The summed E-state index contributed by atoms with van der Waals surface area (Å²) in [6.45, 7) is 0. The summed E-state index contributed by atoms with van der Waals surface area (Å²) in [6, 6.07) is 1.96. The highest BCUT2D eigenvalue weighted by Gasteiger charge is 2.27. The molecule has 1 saturated carbocycles. The van der Waals surface area contributed by atoms with E-state index >= 15 is 0 Å². The van der Waals surface area contributed by atoms with Gasteiger partial charge >= 0.3 is 0 Å². The Morgan fingerprint density at radius 3 is 2.34 bits per heavy atom. The third-order valence-corrected chi connectivity index (χ3v) is 4.84. The van der Waals surface area contributed by atoms with Crippen molar-refractivity contribution in [2.75, 3.05) is 24.3 Å². The number of aromatic nitrogens is 2. The molecular formula is C19H21F4N5O. The number of rotatable bonds is 5. The van der Waals surface area contributed by atoms with Crippen LogP contribution in [0.5, 0.6) is 0 Å². The molecule has 1 aromatic heterocycles. The summed E-state index contributed by atoms with van der Waals surface area (Å²) >= 11 is 0. The monoisotopic (exact) mass is 411 g/mol. The Bertz CT molecular complexity index is 900. The SMILES string of the molecule is CN(C)c1ccnc(N[C@H]2CC[C@@H](NC(=O)c3cc(F)c(F)c(F)c3F)CC2)n1. The van der Waals surface area contributed by atoms with Gasteiger partial charge in [-0.1, -0.05) is 0 Å². The molecule has 10 heteroatoms. The van der Waals surface area contributed by atoms with Crippen LogP contribution in [0.2, 0.25) is 0 Å². The van der Waals surface area contributed by atoms with Gasteiger partial charge in [0.2, 0.25) is 5.95 Å². The van der Waals surface area contributed by atoms with E-state index in [1.165, 1.54) is 0 Å². The van der Waals surface area contributed by atoms with Crippen molar-refractivity contribution in [2.24, 2.45) is 0 Å². The van der Waals surface area contributed by atoms with E-state index in [9.17, 15) is 22.4 Å². The lowest BCUT2D eigenvalue weighted by Gasteiger charge is -2.29. The third-order valence-electron chi connectivity index (χ3n) is 4.84. The van der Waals surface area contributed by atoms with Crippen molar-refractivity contribution in [1.82, 2.24) is 15.3 Å². The number of benzene rings is 1. The second-order valence-electron chi connectivity index (χ2n) is 7.15. The highest BCUT2D eigenvalue weighted by atomic mass is 19.2. The Hall–Kier alpha value is -2.91. The first-order valence-corrected chi connectivity index (χ1v) is 9.17. The molecule has 1 aliphatic rings. The second kappa shape index (κ2) is 8.62. The van der Waals surface area contributed by atoms with Gasteiger partial charge in [-0.15, -0.1) is 0 Å². The molecule has 0 spiro atoms. The van der Waals surface area contributed by atoms with Crippen molar-refractivity contribution in [3.63, 3.8) is 0 Å². The number of amides is 1. The van der Waals surface area contributed by atoms with Crippen molar-refractivity contribution in [2.45, 2.75) is 37.8 Å². The molecule has 1 aromatic carbocycles. The highest BCUT2D eigenvalue weighted by molar-refractivity contribution is 5.94. The average Bonchev–Trinajstić information content (AvgIpc) is 2.70. The maximum absolute atomic E-state index is 13.8. The summed E-state index contributed by atoms with van der Waals surface area (Å²) in [5, 5.41) is 5.81. The van der Waals surface area contributed by atoms with E-state index in [0.29, 0.717) is 37.7 Å². The largest absolute Gasteiger partial charge is 0.363 e. The molecule has 0 saturated heterocycles. The Kier molecular flexibility index (Phi) is 6.19. The van der Waals surface area contributed by atoms with Gasteiger partial charge in [0.1, 0.15) is 5.82 Å². The normalized spacial score (nSPS) is 19.0. The van der Waals surface area contributed by atoms with Crippen LogP contribution in [0, 0.1) is 23.3 Å². The molecule has 6 nitrogen and oxygen atoms in total. The molecule has 156 valence electrons. The summed E-state index contributed by atoms with van der Waals surface area (Å²) in [4.78, 5) is 22.6. The van der Waals surface area contributed by atoms with Crippen LogP contribution in [0.25, 0.3) is 0 Å². The maximum atomic E-state index is 13.8. The smallest absolute Gasteiger partial charge is 0.254 e. The minimum absolute atomic E-state index is 0.0954. The molecule has 0 unspecified atom stereocenters. The van der Waals surface area contributed by atoms with Crippen LogP contribution in [-0.4, -0.2) is 42.1 Å². The molecule has 1 heterocycles. The Morgan fingerprint density at radius 1 is 1.03 bits per heavy atom. The van der Waals surface area contributed by atoms with Crippen molar-refractivity contribution in [3.8, 4) is 0 Å². The van der Waals surface area contributed by atoms with E-state index in [-0.39, 0.29) is 12.1 Å². The number of hydrogen-bond donors (Lipinski definition) is 2. The number of carbonyl (C=O) groups excluding carboxylic acids is 1. The Labute approximate surface area is 165 Å². The van der Waals surface area contributed by atoms with Crippen LogP contribution in [0.4, 0.5) is 29.3 Å². The first kappa shape index (κ1) is 20.8. The van der Waals surface area contributed by atoms with Gasteiger partial charge in [0.25, 0.3) is 5.91 Å². The summed E-state index contributed by atoms with van der Waals surface area (Å²) in [5.74, 6) is -6.95. The molecule has 1 fully saturated rings.